The number of hydrogen-bond acceptors (Lipinski definition) is 4. The molecule has 27 heavy (non-hydrogen) atoms. The van der Waals surface area contributed by atoms with Crippen molar-refractivity contribution in [3.63, 3.8) is 0 Å². The minimum atomic E-state index is -0.178. The third-order valence-electron chi connectivity index (χ3n) is 3.90. The molecule has 0 aliphatic heterocycles. The monoisotopic (exact) mass is 353 g/mol. The van der Waals surface area contributed by atoms with Gasteiger partial charge in [-0.25, -0.2) is 0 Å². The number of allylic oxidation sites excluding steroid dienone is 1. The second-order valence-electron chi connectivity index (χ2n) is 5.68. The van der Waals surface area contributed by atoms with Crippen molar-refractivity contribution in [2.24, 2.45) is 0 Å². The Hall–Kier alpha value is -3.97. The summed E-state index contributed by atoms with van der Waals surface area (Å²) in [5, 5.41) is 8.82. The fourth-order valence-corrected chi connectivity index (χ4v) is 2.47. The fraction of sp³-hybridized carbons (Fsp3) is 0. The molecule has 0 amide bonds. The van der Waals surface area contributed by atoms with Crippen molar-refractivity contribution in [3.8, 4) is 17.6 Å². The van der Waals surface area contributed by atoms with Crippen LogP contribution in [0.25, 0.3) is 6.08 Å². The zero-order valence-electron chi connectivity index (χ0n) is 14.3. The molecule has 0 atom stereocenters. The van der Waals surface area contributed by atoms with Crippen LogP contribution in [0, 0.1) is 11.3 Å². The van der Waals surface area contributed by atoms with Crippen molar-refractivity contribution in [1.82, 2.24) is 0 Å². The number of nitrogens with zero attached hydrogens (tertiary/aromatic N) is 1. The molecule has 0 fully saturated rings. The largest absolute Gasteiger partial charge is 0.456 e. The maximum Gasteiger partial charge on any atom is 0.185 e. The van der Waals surface area contributed by atoms with Crippen LogP contribution in [-0.2, 0) is 0 Å². The molecule has 0 heterocycles. The van der Waals surface area contributed by atoms with Gasteiger partial charge in [-0.05, 0) is 54.6 Å². The zero-order valence-corrected chi connectivity index (χ0v) is 14.3. The van der Waals surface area contributed by atoms with Crippen LogP contribution in [-0.4, -0.2) is 12.1 Å². The SMILES string of the molecule is N#Cc1ccc(C(=O)/C=C/c2ccccc2Oc2ccccc2C=O)cc1. The van der Waals surface area contributed by atoms with Gasteiger partial charge in [0.05, 0.1) is 17.2 Å². The predicted octanol–water partition coefficient (Wildman–Crippen LogP) is 5.06. The summed E-state index contributed by atoms with van der Waals surface area (Å²) in [6, 6.07) is 22.7. The van der Waals surface area contributed by atoms with Crippen LogP contribution in [0.15, 0.2) is 78.9 Å². The highest BCUT2D eigenvalue weighted by Gasteiger charge is 2.07. The first kappa shape index (κ1) is 17.8. The van der Waals surface area contributed by atoms with E-state index in [0.29, 0.717) is 33.8 Å². The lowest BCUT2D eigenvalue weighted by atomic mass is 10.1. The first-order valence-corrected chi connectivity index (χ1v) is 8.25. The van der Waals surface area contributed by atoms with Crippen LogP contribution in [0.4, 0.5) is 0 Å². The lowest BCUT2D eigenvalue weighted by Gasteiger charge is -2.10. The number of nitriles is 1. The van der Waals surface area contributed by atoms with Crippen LogP contribution in [0.3, 0.4) is 0 Å². The number of ether oxygens (including phenoxy) is 1. The van der Waals surface area contributed by atoms with E-state index in [9.17, 15) is 9.59 Å². The normalized spacial score (nSPS) is 10.3. The molecule has 4 nitrogen and oxygen atoms in total. The van der Waals surface area contributed by atoms with Gasteiger partial charge in [0.2, 0.25) is 0 Å². The van der Waals surface area contributed by atoms with E-state index in [1.807, 2.05) is 24.3 Å². The second kappa shape index (κ2) is 8.41. The number of carbonyl (C=O) groups is 2. The van der Waals surface area contributed by atoms with E-state index in [1.165, 1.54) is 6.08 Å². The molecule has 4 heteroatoms. The Balaban J connectivity index is 1.83. The fourth-order valence-electron chi connectivity index (χ4n) is 2.47. The highest BCUT2D eigenvalue weighted by atomic mass is 16.5. The van der Waals surface area contributed by atoms with Gasteiger partial charge >= 0.3 is 0 Å². The van der Waals surface area contributed by atoms with Gasteiger partial charge in [0.1, 0.15) is 11.5 Å². The topological polar surface area (TPSA) is 67.2 Å². The highest BCUT2D eigenvalue weighted by molar-refractivity contribution is 6.07. The predicted molar refractivity (Wildman–Crippen MR) is 103 cm³/mol. The first-order chi connectivity index (χ1) is 13.2. The van der Waals surface area contributed by atoms with Crippen LogP contribution in [0.5, 0.6) is 11.5 Å². The molecule has 3 aromatic carbocycles. The molecule has 0 radical (unpaired) electrons. The van der Waals surface area contributed by atoms with Crippen molar-refractivity contribution in [3.05, 3.63) is 101 Å². The average Bonchev–Trinajstić information content (AvgIpc) is 2.73. The second-order valence-corrected chi connectivity index (χ2v) is 5.68. The molecule has 0 N–H and O–H groups in total. The highest BCUT2D eigenvalue weighted by Crippen LogP contribution is 2.28. The van der Waals surface area contributed by atoms with E-state index in [1.54, 1.807) is 60.7 Å². The minimum Gasteiger partial charge on any atom is -0.456 e. The van der Waals surface area contributed by atoms with Gasteiger partial charge in [-0.15, -0.1) is 0 Å². The Morgan fingerprint density at radius 1 is 0.852 bits per heavy atom. The van der Waals surface area contributed by atoms with Crippen LogP contribution < -0.4 is 4.74 Å². The maximum atomic E-state index is 12.3. The van der Waals surface area contributed by atoms with Gasteiger partial charge in [0, 0.05) is 11.1 Å². The van der Waals surface area contributed by atoms with Crippen molar-refractivity contribution in [2.75, 3.05) is 0 Å². The van der Waals surface area contributed by atoms with E-state index in [2.05, 4.69) is 0 Å². The molecular formula is C23H15NO3. The molecule has 0 unspecified atom stereocenters. The Kier molecular flexibility index (Phi) is 5.56. The first-order valence-electron chi connectivity index (χ1n) is 8.25. The van der Waals surface area contributed by atoms with E-state index in [4.69, 9.17) is 10.00 Å². The van der Waals surface area contributed by atoms with E-state index < -0.39 is 0 Å². The van der Waals surface area contributed by atoms with Crippen molar-refractivity contribution in [2.45, 2.75) is 0 Å². The van der Waals surface area contributed by atoms with Crippen molar-refractivity contribution < 1.29 is 14.3 Å². The molecule has 0 bridgehead atoms. The summed E-state index contributed by atoms with van der Waals surface area (Å²) >= 11 is 0. The van der Waals surface area contributed by atoms with Gasteiger partial charge in [-0.3, -0.25) is 9.59 Å². The molecule has 3 rings (SSSR count). The smallest absolute Gasteiger partial charge is 0.185 e. The number of aldehydes is 1. The molecular weight excluding hydrogens is 338 g/mol. The summed E-state index contributed by atoms with van der Waals surface area (Å²) in [4.78, 5) is 23.5. The molecule has 0 aliphatic rings. The van der Waals surface area contributed by atoms with Crippen molar-refractivity contribution >= 4 is 18.1 Å². The molecule has 0 saturated heterocycles. The number of benzene rings is 3. The summed E-state index contributed by atoms with van der Waals surface area (Å²) in [7, 11) is 0. The summed E-state index contributed by atoms with van der Waals surface area (Å²) < 4.78 is 5.87. The summed E-state index contributed by atoms with van der Waals surface area (Å²) in [5.41, 5.74) is 2.16. The third kappa shape index (κ3) is 4.36. The molecule has 0 aromatic heterocycles. The van der Waals surface area contributed by atoms with E-state index in [0.717, 1.165) is 6.29 Å². The Bertz CT molecular complexity index is 1040. The Labute approximate surface area is 157 Å². The van der Waals surface area contributed by atoms with Gasteiger partial charge in [0.15, 0.2) is 12.1 Å². The van der Waals surface area contributed by atoms with Crippen LogP contribution in [0.2, 0.25) is 0 Å². The standard InChI is InChI=1S/C23H15NO3/c24-15-17-9-11-18(12-10-17)21(26)14-13-19-5-1-3-7-22(19)27-23-8-4-2-6-20(23)16-25/h1-14,16H/b14-13+. The van der Waals surface area contributed by atoms with Gasteiger partial charge in [-0.2, -0.15) is 5.26 Å². The lowest BCUT2D eigenvalue weighted by Crippen LogP contribution is -1.95. The summed E-state index contributed by atoms with van der Waals surface area (Å²) in [6.45, 7) is 0. The quantitative estimate of drug-likeness (QED) is 0.353. The number of ketones is 1. The molecule has 3 aromatic rings. The number of para-hydroxylation sites is 2. The van der Waals surface area contributed by atoms with Gasteiger partial charge in [0.25, 0.3) is 0 Å². The summed E-state index contributed by atoms with van der Waals surface area (Å²) in [5.74, 6) is 0.810. The maximum absolute atomic E-state index is 12.3. The zero-order chi connectivity index (χ0) is 19.1. The van der Waals surface area contributed by atoms with E-state index >= 15 is 0 Å². The minimum absolute atomic E-state index is 0.178. The molecule has 130 valence electrons. The van der Waals surface area contributed by atoms with Crippen molar-refractivity contribution in [1.29, 1.82) is 5.26 Å². The molecule has 0 saturated carbocycles. The Morgan fingerprint density at radius 3 is 2.07 bits per heavy atom. The molecule has 0 aliphatic carbocycles. The number of rotatable bonds is 6. The van der Waals surface area contributed by atoms with Crippen LogP contribution in [0.1, 0.15) is 31.8 Å². The summed E-state index contributed by atoms with van der Waals surface area (Å²) in [6.07, 6.45) is 3.86. The number of hydrogen-bond donors (Lipinski definition) is 0. The Morgan fingerprint density at radius 2 is 1.44 bits per heavy atom. The van der Waals surface area contributed by atoms with E-state index in [-0.39, 0.29) is 5.78 Å². The average molecular weight is 353 g/mol. The van der Waals surface area contributed by atoms with Gasteiger partial charge in [-0.1, -0.05) is 30.3 Å². The van der Waals surface area contributed by atoms with Gasteiger partial charge < -0.3 is 4.74 Å². The lowest BCUT2D eigenvalue weighted by molar-refractivity contribution is 0.104. The third-order valence-corrected chi connectivity index (χ3v) is 3.90. The molecule has 0 spiro atoms. The van der Waals surface area contributed by atoms with Crippen LogP contribution >= 0.6 is 0 Å². The number of carbonyl (C=O) groups excluding carboxylic acids is 2.